The van der Waals surface area contributed by atoms with E-state index in [4.69, 9.17) is 21.4 Å². The summed E-state index contributed by atoms with van der Waals surface area (Å²) in [6.07, 6.45) is 3.08. The van der Waals surface area contributed by atoms with Crippen molar-refractivity contribution in [2.45, 2.75) is 0 Å². The van der Waals surface area contributed by atoms with Gasteiger partial charge in [-0.3, -0.25) is 0 Å². The van der Waals surface area contributed by atoms with E-state index in [1.807, 2.05) is 0 Å². The summed E-state index contributed by atoms with van der Waals surface area (Å²) in [6.45, 7) is 1.45. The number of rotatable bonds is 6. The summed E-state index contributed by atoms with van der Waals surface area (Å²) in [7, 11) is 0. The number of hydrogen-bond acceptors (Lipinski definition) is 5. The Morgan fingerprint density at radius 1 is 1.36 bits per heavy atom. The molecule has 0 aliphatic carbocycles. The van der Waals surface area contributed by atoms with Crippen LogP contribution in [0, 0.1) is 0 Å². The van der Waals surface area contributed by atoms with Crippen molar-refractivity contribution in [3.8, 4) is 0 Å². The standard InChI is InChI=1S/C8H12ClN3O2/c9-7-8(11-2-1-10-7)12-3-5-14-6-4-13/h1-2,13H,3-6H2,(H,11,12). The highest BCUT2D eigenvalue weighted by molar-refractivity contribution is 6.31. The summed E-state index contributed by atoms with van der Waals surface area (Å²) < 4.78 is 5.04. The van der Waals surface area contributed by atoms with Crippen LogP contribution in [0.5, 0.6) is 0 Å². The van der Waals surface area contributed by atoms with Gasteiger partial charge in [-0.1, -0.05) is 11.6 Å². The highest BCUT2D eigenvalue weighted by Gasteiger charge is 1.99. The van der Waals surface area contributed by atoms with Gasteiger partial charge in [-0.05, 0) is 0 Å². The van der Waals surface area contributed by atoms with Crippen molar-refractivity contribution in [3.63, 3.8) is 0 Å². The first-order valence-corrected chi connectivity index (χ1v) is 4.61. The lowest BCUT2D eigenvalue weighted by molar-refractivity contribution is 0.0992. The minimum Gasteiger partial charge on any atom is -0.394 e. The van der Waals surface area contributed by atoms with Gasteiger partial charge in [0.15, 0.2) is 11.0 Å². The van der Waals surface area contributed by atoms with Gasteiger partial charge >= 0.3 is 0 Å². The maximum Gasteiger partial charge on any atom is 0.171 e. The largest absolute Gasteiger partial charge is 0.394 e. The predicted octanol–water partition coefficient (Wildman–Crippen LogP) is 0.551. The lowest BCUT2D eigenvalue weighted by atomic mass is 10.6. The average molecular weight is 218 g/mol. The second-order valence-corrected chi connectivity index (χ2v) is 2.82. The molecule has 1 heterocycles. The van der Waals surface area contributed by atoms with Gasteiger partial charge in [-0.25, -0.2) is 9.97 Å². The van der Waals surface area contributed by atoms with Crippen molar-refractivity contribution in [1.29, 1.82) is 0 Å². The van der Waals surface area contributed by atoms with Crippen molar-refractivity contribution in [3.05, 3.63) is 17.5 Å². The highest BCUT2D eigenvalue weighted by atomic mass is 35.5. The van der Waals surface area contributed by atoms with Crippen LogP contribution in [-0.2, 0) is 4.74 Å². The molecule has 1 rings (SSSR count). The van der Waals surface area contributed by atoms with E-state index in [1.165, 1.54) is 6.20 Å². The maximum absolute atomic E-state index is 8.44. The molecule has 5 nitrogen and oxygen atoms in total. The fraction of sp³-hybridized carbons (Fsp3) is 0.500. The molecule has 0 saturated carbocycles. The molecule has 0 radical (unpaired) electrons. The zero-order chi connectivity index (χ0) is 10.2. The molecule has 0 spiro atoms. The molecule has 0 aliphatic heterocycles. The second-order valence-electron chi connectivity index (χ2n) is 2.46. The summed E-state index contributed by atoms with van der Waals surface area (Å²) in [6, 6.07) is 0. The molecule has 78 valence electrons. The van der Waals surface area contributed by atoms with E-state index in [0.29, 0.717) is 30.7 Å². The third-order valence-electron chi connectivity index (χ3n) is 1.43. The van der Waals surface area contributed by atoms with Gasteiger partial charge in [0.2, 0.25) is 0 Å². The van der Waals surface area contributed by atoms with Crippen molar-refractivity contribution < 1.29 is 9.84 Å². The Morgan fingerprint density at radius 3 is 2.86 bits per heavy atom. The van der Waals surface area contributed by atoms with E-state index in [0.717, 1.165) is 0 Å². The zero-order valence-corrected chi connectivity index (χ0v) is 8.37. The SMILES string of the molecule is OCCOCCNc1nccnc1Cl. The number of halogens is 1. The first kappa shape index (κ1) is 11.2. The van der Waals surface area contributed by atoms with Crippen LogP contribution in [0.1, 0.15) is 0 Å². The third kappa shape index (κ3) is 3.87. The third-order valence-corrected chi connectivity index (χ3v) is 1.70. The zero-order valence-electron chi connectivity index (χ0n) is 7.61. The molecular weight excluding hydrogens is 206 g/mol. The van der Waals surface area contributed by atoms with Crippen LogP contribution in [0.3, 0.4) is 0 Å². The van der Waals surface area contributed by atoms with Crippen LogP contribution >= 0.6 is 11.6 Å². The normalized spacial score (nSPS) is 10.1. The quantitative estimate of drug-likeness (QED) is 0.682. The van der Waals surface area contributed by atoms with Crippen LogP contribution in [0.4, 0.5) is 5.82 Å². The van der Waals surface area contributed by atoms with Crippen LogP contribution in [-0.4, -0.2) is 41.4 Å². The van der Waals surface area contributed by atoms with Crippen molar-refractivity contribution in [1.82, 2.24) is 9.97 Å². The van der Waals surface area contributed by atoms with E-state index in [-0.39, 0.29) is 6.61 Å². The summed E-state index contributed by atoms with van der Waals surface area (Å²) in [5.74, 6) is 0.543. The Kier molecular flexibility index (Phi) is 5.21. The Morgan fingerprint density at radius 2 is 2.14 bits per heavy atom. The molecule has 14 heavy (non-hydrogen) atoms. The summed E-state index contributed by atoms with van der Waals surface area (Å²) in [5.41, 5.74) is 0. The molecule has 0 atom stereocenters. The summed E-state index contributed by atoms with van der Waals surface area (Å²) in [5, 5.41) is 11.7. The Balaban J connectivity index is 2.21. The Labute approximate surface area is 87.1 Å². The number of nitrogens with zero attached hydrogens (tertiary/aromatic N) is 2. The molecule has 6 heteroatoms. The predicted molar refractivity (Wildman–Crippen MR) is 53.4 cm³/mol. The molecule has 0 unspecified atom stereocenters. The lowest BCUT2D eigenvalue weighted by Crippen LogP contribution is -2.12. The van der Waals surface area contributed by atoms with Gasteiger partial charge in [-0.15, -0.1) is 0 Å². The molecule has 1 aromatic heterocycles. The maximum atomic E-state index is 8.44. The molecule has 0 bridgehead atoms. The first-order valence-electron chi connectivity index (χ1n) is 4.23. The van der Waals surface area contributed by atoms with Crippen LogP contribution in [0.15, 0.2) is 12.4 Å². The van der Waals surface area contributed by atoms with Crippen LogP contribution < -0.4 is 5.32 Å². The van der Waals surface area contributed by atoms with Gasteiger partial charge in [0.1, 0.15) is 0 Å². The minimum atomic E-state index is 0.0336. The molecule has 0 aromatic carbocycles. The van der Waals surface area contributed by atoms with Crippen molar-refractivity contribution >= 4 is 17.4 Å². The molecule has 0 aliphatic rings. The van der Waals surface area contributed by atoms with Gasteiger partial charge in [0, 0.05) is 18.9 Å². The molecule has 0 fully saturated rings. The number of aromatic nitrogens is 2. The summed E-state index contributed by atoms with van der Waals surface area (Å²) in [4.78, 5) is 7.84. The lowest BCUT2D eigenvalue weighted by Gasteiger charge is -2.06. The topological polar surface area (TPSA) is 67.3 Å². The fourth-order valence-electron chi connectivity index (χ4n) is 0.848. The summed E-state index contributed by atoms with van der Waals surface area (Å²) >= 11 is 5.75. The first-order chi connectivity index (χ1) is 6.84. The van der Waals surface area contributed by atoms with E-state index in [1.54, 1.807) is 6.20 Å². The van der Waals surface area contributed by atoms with Gasteiger partial charge in [0.25, 0.3) is 0 Å². The van der Waals surface area contributed by atoms with E-state index >= 15 is 0 Å². The van der Waals surface area contributed by atoms with Crippen molar-refractivity contribution in [2.24, 2.45) is 0 Å². The number of hydrogen-bond donors (Lipinski definition) is 2. The highest BCUT2D eigenvalue weighted by Crippen LogP contribution is 2.13. The number of nitrogens with one attached hydrogen (secondary N) is 1. The Hall–Kier alpha value is -0.910. The smallest absolute Gasteiger partial charge is 0.171 e. The molecule has 0 saturated heterocycles. The minimum absolute atomic E-state index is 0.0336. The van der Waals surface area contributed by atoms with E-state index < -0.39 is 0 Å². The van der Waals surface area contributed by atoms with Crippen LogP contribution in [0.25, 0.3) is 0 Å². The van der Waals surface area contributed by atoms with E-state index in [2.05, 4.69) is 15.3 Å². The molecule has 2 N–H and O–H groups in total. The Bertz CT molecular complexity index is 273. The number of aliphatic hydroxyl groups is 1. The molecule has 1 aromatic rings. The second kappa shape index (κ2) is 6.53. The van der Waals surface area contributed by atoms with Crippen LogP contribution in [0.2, 0.25) is 5.15 Å². The number of ether oxygens (including phenoxy) is 1. The number of anilines is 1. The molecule has 0 amide bonds. The fourth-order valence-corrected chi connectivity index (χ4v) is 1.02. The van der Waals surface area contributed by atoms with E-state index in [9.17, 15) is 0 Å². The average Bonchev–Trinajstić information content (AvgIpc) is 2.20. The van der Waals surface area contributed by atoms with Gasteiger partial charge in [0.05, 0.1) is 19.8 Å². The molecular formula is C8H12ClN3O2. The van der Waals surface area contributed by atoms with Gasteiger partial charge in [-0.2, -0.15) is 0 Å². The van der Waals surface area contributed by atoms with Crippen molar-refractivity contribution in [2.75, 3.05) is 31.7 Å². The monoisotopic (exact) mass is 217 g/mol. The van der Waals surface area contributed by atoms with Gasteiger partial charge < -0.3 is 15.2 Å². The number of aliphatic hydroxyl groups excluding tert-OH is 1.